The Morgan fingerprint density at radius 2 is 1.01 bits per heavy atom. The fourth-order valence-corrected chi connectivity index (χ4v) is 15.5. The number of carboxylic acids is 4. The Morgan fingerprint density at radius 3 is 1.55 bits per heavy atom. The van der Waals surface area contributed by atoms with E-state index in [4.69, 9.17) is 27.7 Å². The molecule has 4 aliphatic rings. The third-order valence-electron chi connectivity index (χ3n) is 21.9. The molecule has 124 heavy (non-hydrogen) atoms. The summed E-state index contributed by atoms with van der Waals surface area (Å²) in [5, 5.41) is 84.6. The van der Waals surface area contributed by atoms with Gasteiger partial charge in [0.05, 0.1) is 37.6 Å². The number of unbranched alkanes of at least 4 members (excludes halogenated alkanes) is 1. The Hall–Kier alpha value is -12.4. The van der Waals surface area contributed by atoms with Crippen LogP contribution in [0.3, 0.4) is 0 Å². The van der Waals surface area contributed by atoms with Gasteiger partial charge in [-0.05, 0) is 133 Å². The van der Waals surface area contributed by atoms with E-state index in [1.165, 1.54) is 22.3 Å². The minimum atomic E-state index is -1.84. The maximum atomic E-state index is 15.2. The van der Waals surface area contributed by atoms with Crippen molar-refractivity contribution < 1.29 is 112 Å². The van der Waals surface area contributed by atoms with Gasteiger partial charge in [-0.25, -0.2) is 9.78 Å². The van der Waals surface area contributed by atoms with Crippen LogP contribution in [0.5, 0.6) is 0 Å². The Balaban J connectivity index is 1.08. The predicted octanol–water partition coefficient (Wildman–Crippen LogP) is -5.18. The number of amides is 14. The van der Waals surface area contributed by atoms with Crippen molar-refractivity contribution in [2.24, 2.45) is 29.0 Å². The molecule has 4 saturated heterocycles. The fraction of sp³-hybridized carbons (Fsp3) is 0.620. The molecule has 0 saturated carbocycles. The van der Waals surface area contributed by atoms with Gasteiger partial charge < -0.3 is 131 Å². The number of hydrogen-bond acceptors (Lipinski definition) is 23. The summed E-state index contributed by atoms with van der Waals surface area (Å²) in [5.41, 5.74) is 18.9. The number of aliphatic hydroxyl groups excluding tert-OH is 1. The number of imidazole rings is 1. The van der Waals surface area contributed by atoms with Gasteiger partial charge in [-0.1, -0.05) is 45.9 Å². The van der Waals surface area contributed by atoms with E-state index in [9.17, 15) is 92.3 Å². The van der Waals surface area contributed by atoms with Crippen LogP contribution in [0.2, 0.25) is 0 Å². The minimum absolute atomic E-state index is 0.0152. The lowest BCUT2D eigenvalue weighted by Crippen LogP contribution is -2.61. The predicted molar refractivity (Wildman–Crippen MR) is 439 cm³/mol. The molecule has 14 amide bonds. The Morgan fingerprint density at radius 1 is 0.516 bits per heavy atom. The van der Waals surface area contributed by atoms with Crippen LogP contribution in [0.4, 0.5) is 0 Å². The van der Waals surface area contributed by atoms with E-state index >= 15 is 14.4 Å². The molecule has 6 heterocycles. The van der Waals surface area contributed by atoms with Gasteiger partial charge in [0, 0.05) is 81.7 Å². The van der Waals surface area contributed by atoms with Crippen molar-refractivity contribution in [2.75, 3.05) is 52.4 Å². The number of nitrogens with two attached hydrogens (primary N) is 3. The van der Waals surface area contributed by atoms with Crippen molar-refractivity contribution >= 4 is 123 Å². The van der Waals surface area contributed by atoms with Crippen molar-refractivity contribution in [3.05, 3.63) is 54.2 Å². The van der Waals surface area contributed by atoms with Gasteiger partial charge in [-0.3, -0.25) is 86.9 Å². The quantitative estimate of drug-likeness (QED) is 0.0143. The van der Waals surface area contributed by atoms with Crippen LogP contribution in [-0.2, 0) is 99.1 Å². The largest absolute Gasteiger partial charge is 0.481 e. The zero-order chi connectivity index (χ0) is 91.2. The zero-order valence-corrected chi connectivity index (χ0v) is 69.8. The second-order valence-corrected chi connectivity index (χ2v) is 32.1. The molecular formula is C79H118N22O23. The first-order chi connectivity index (χ1) is 58.9. The lowest BCUT2D eigenvalue weighted by atomic mass is 10.0. The van der Waals surface area contributed by atoms with Gasteiger partial charge in [0.2, 0.25) is 82.7 Å². The van der Waals surface area contributed by atoms with Gasteiger partial charge in [0.1, 0.15) is 78.5 Å². The molecule has 0 radical (unpaired) electrons. The number of aromatic amines is 2. The molecule has 45 heteroatoms. The number of carbonyl (C=O) groups excluding carboxylic acids is 14. The van der Waals surface area contributed by atoms with Crippen LogP contribution in [0, 0.1) is 17.2 Å². The molecule has 2 aromatic heterocycles. The highest BCUT2D eigenvalue weighted by Crippen LogP contribution is 2.27. The first kappa shape index (κ1) is 98.7. The third kappa shape index (κ3) is 28.9. The number of nitrogens with one attached hydrogen (secondary N) is 14. The Labute approximate surface area is 713 Å². The monoisotopic (exact) mass is 1740 g/mol. The number of aliphatic hydroxyl groups is 1. The van der Waals surface area contributed by atoms with Crippen LogP contribution in [0.15, 0.2) is 43.0 Å². The molecule has 4 aliphatic heterocycles. The van der Waals surface area contributed by atoms with Crippen molar-refractivity contribution in [1.82, 2.24) is 93.0 Å². The van der Waals surface area contributed by atoms with E-state index in [1.807, 2.05) is 0 Å². The van der Waals surface area contributed by atoms with Gasteiger partial charge in [-0.2, -0.15) is 0 Å². The third-order valence-corrected chi connectivity index (χ3v) is 21.9. The summed E-state index contributed by atoms with van der Waals surface area (Å²) < 4.78 is 0. The summed E-state index contributed by atoms with van der Waals surface area (Å²) >= 11 is 0. The van der Waals surface area contributed by atoms with Gasteiger partial charge in [-0.15, -0.1) is 0 Å². The zero-order valence-electron chi connectivity index (χ0n) is 69.8. The molecule has 3 aromatic rings. The molecule has 45 nitrogen and oxygen atoms in total. The molecule has 0 spiro atoms. The highest BCUT2D eigenvalue weighted by molar-refractivity contribution is 6.02. The molecular weight excluding hydrogens is 1620 g/mol. The number of aromatic nitrogens is 3. The molecule has 1 aromatic carbocycles. The smallest absolute Gasteiger partial charge is 0.328 e. The van der Waals surface area contributed by atoms with Crippen LogP contribution in [-0.4, -0.2) is 310 Å². The van der Waals surface area contributed by atoms with Crippen molar-refractivity contribution in [1.29, 1.82) is 5.41 Å². The van der Waals surface area contributed by atoms with E-state index in [0.29, 0.717) is 41.4 Å². The fourth-order valence-electron chi connectivity index (χ4n) is 15.5. The lowest BCUT2D eigenvalue weighted by molar-refractivity contribution is -0.146. The SMILES string of the molecule is CC(C)CC(NC(=O)C(CCCNC(=N)N)NC(=O)C1CCCN1C(=O)C(CC(=O)O)NC(=O)C(NC(=O)C1CCCN1C(=O)C(N)CCC(=O)O)C(C)C)C(=O)NC(CCC(=O)O)C(=O)N1CCCC1C(=O)NC(Cc1c[nH]c2ccccc12)C(=O)NC(CCCCN)C(=O)NC(Cc1c[nH]cn1)C(=O)N1CCCC1C(=O)NCC(=O)NC(CO)C(=O)O. The average Bonchev–Trinajstić information content (AvgIpc) is 1.64. The number of carboxylic acid groups (broad SMARTS) is 4. The maximum absolute atomic E-state index is 15.2. The second-order valence-electron chi connectivity index (χ2n) is 32.1. The number of likely N-dealkylation sites (tertiary alicyclic amines) is 4. The van der Waals surface area contributed by atoms with E-state index in [1.54, 1.807) is 58.2 Å². The van der Waals surface area contributed by atoms with Gasteiger partial charge in [0.15, 0.2) is 5.96 Å². The molecule has 7 rings (SSSR count). The van der Waals surface area contributed by atoms with E-state index in [-0.39, 0.29) is 129 Å². The van der Waals surface area contributed by atoms with Gasteiger partial charge in [0.25, 0.3) is 0 Å². The highest BCUT2D eigenvalue weighted by Gasteiger charge is 2.46. The minimum Gasteiger partial charge on any atom is -0.481 e. The number of rotatable bonds is 49. The van der Waals surface area contributed by atoms with Crippen LogP contribution < -0.4 is 75.7 Å². The summed E-state index contributed by atoms with van der Waals surface area (Å²) in [6.07, 6.45) is 2.60. The van der Waals surface area contributed by atoms with Crippen LogP contribution >= 0.6 is 0 Å². The number of para-hydroxylation sites is 1. The molecule has 0 aliphatic carbocycles. The average molecular weight is 1740 g/mol. The van der Waals surface area contributed by atoms with Crippen molar-refractivity contribution in [3.8, 4) is 0 Å². The van der Waals surface area contributed by atoms with Crippen molar-refractivity contribution in [2.45, 2.75) is 247 Å². The lowest BCUT2D eigenvalue weighted by Gasteiger charge is -2.32. The molecule has 4 fully saturated rings. The number of aliphatic carboxylic acids is 4. The molecule has 25 N–H and O–H groups in total. The Bertz CT molecular complexity index is 4310. The summed E-state index contributed by atoms with van der Waals surface area (Å²) in [6.45, 7) is 4.90. The summed E-state index contributed by atoms with van der Waals surface area (Å²) in [7, 11) is 0. The number of H-pyrrole nitrogens is 2. The summed E-state index contributed by atoms with van der Waals surface area (Å²) in [6, 6.07) is -13.3. The first-order valence-corrected chi connectivity index (χ1v) is 41.7. The maximum Gasteiger partial charge on any atom is 0.328 e. The normalized spacial score (nSPS) is 18.7. The second kappa shape index (κ2) is 47.9. The van der Waals surface area contributed by atoms with Crippen molar-refractivity contribution in [3.63, 3.8) is 0 Å². The van der Waals surface area contributed by atoms with E-state index in [0.717, 1.165) is 9.80 Å². The number of fused-ring (bicyclic) bond motifs is 1. The van der Waals surface area contributed by atoms with E-state index in [2.05, 4.69) is 73.4 Å². The van der Waals surface area contributed by atoms with Crippen LogP contribution in [0.25, 0.3) is 10.9 Å². The van der Waals surface area contributed by atoms with Gasteiger partial charge >= 0.3 is 23.9 Å². The summed E-state index contributed by atoms with van der Waals surface area (Å²) in [5.74, 6) is -19.6. The number of nitrogens with zero attached hydrogens (tertiary/aromatic N) is 5. The topological polar surface area (TPSA) is 700 Å². The molecule has 0 bridgehead atoms. The molecule has 14 unspecified atom stereocenters. The number of guanidine groups is 1. The summed E-state index contributed by atoms with van der Waals surface area (Å²) in [4.78, 5) is 264. The first-order valence-electron chi connectivity index (χ1n) is 41.7. The molecule has 14 atom stereocenters. The number of hydrogen-bond donors (Lipinski definition) is 22. The van der Waals surface area contributed by atoms with Crippen LogP contribution in [0.1, 0.15) is 161 Å². The standard InChI is InChI=1S/C79H118N22O23/c1-41(2)32-51(93-65(110)49(17-9-27-85-79(82)83)91-70(115)57-19-13-31-101(57)77(122)54(35-63(108)109)96-73(118)64(42(3)4)97-72(117)59-21-11-28-98(59)74(119)46(81)22-24-61(104)105)67(112)92-50(23-25-62(106)107)75(120)100-30-12-20-58(100)71(116)94-52(33-43-36-86-47-15-6-5-14-45(43)47)68(113)90-48(16-7-8-26-80)66(111)95-53(34-44-37-84-40-88-44)76(121)99-29-10-18-56(99)69(114)87-38-60(103)89-55(39-102)78(123)124/h5-6,14-15,36-37,40-42,46,48-59,64,86,102H,7-13,16-35,38-39,80-81H2,1-4H3,(H,84,88)(H,87,114)(H,89,103)(H,90,113)(H,91,115)(H,92,112)(H,93,110)(H,94,116)(H,95,111)(H,96,118)(H,97,117)(H,104,105)(H,106,107)(H,108,109)(H,123,124)(H4,82,83,85). The van der Waals surface area contributed by atoms with E-state index < -0.39 is 248 Å². The highest BCUT2D eigenvalue weighted by atomic mass is 16.4. The number of carbonyl (C=O) groups is 18. The molecule has 682 valence electrons. The Kier molecular flexibility index (Phi) is 38.1. The number of benzene rings is 1.